The summed E-state index contributed by atoms with van der Waals surface area (Å²) in [5.74, 6) is 0.122. The van der Waals surface area contributed by atoms with E-state index in [4.69, 9.17) is 0 Å². The van der Waals surface area contributed by atoms with Crippen LogP contribution < -0.4 is 10.9 Å². The van der Waals surface area contributed by atoms with Crippen molar-refractivity contribution in [2.45, 2.75) is 6.54 Å². The maximum absolute atomic E-state index is 12.2. The van der Waals surface area contributed by atoms with Crippen LogP contribution in [-0.2, 0) is 18.4 Å². The van der Waals surface area contributed by atoms with Crippen molar-refractivity contribution in [3.05, 3.63) is 53.2 Å². The second kappa shape index (κ2) is 5.20. The number of aromatic nitrogens is 4. The van der Waals surface area contributed by atoms with Crippen LogP contribution >= 0.6 is 0 Å². The number of hydrogen-bond acceptors (Lipinski definition) is 4. The van der Waals surface area contributed by atoms with Crippen molar-refractivity contribution in [1.82, 2.24) is 19.3 Å². The number of anilines is 1. The lowest BCUT2D eigenvalue weighted by molar-refractivity contribution is -0.116. The van der Waals surface area contributed by atoms with Gasteiger partial charge in [-0.25, -0.2) is 4.98 Å². The molecule has 1 amide bonds. The molecule has 0 saturated carbocycles. The number of hydrogen-bond donors (Lipinski definition) is 1. The van der Waals surface area contributed by atoms with Gasteiger partial charge in [-0.05, 0) is 12.1 Å². The van der Waals surface area contributed by atoms with Gasteiger partial charge < -0.3 is 5.32 Å². The second-order valence-corrected chi connectivity index (χ2v) is 4.62. The van der Waals surface area contributed by atoms with Crippen molar-refractivity contribution in [2.75, 3.05) is 5.32 Å². The molecule has 0 aliphatic carbocycles. The molecule has 0 radical (unpaired) electrons. The molecule has 0 bridgehead atoms. The zero-order chi connectivity index (χ0) is 14.8. The number of nitrogens with one attached hydrogen (secondary N) is 1. The molecule has 2 aromatic heterocycles. The zero-order valence-electron chi connectivity index (χ0n) is 11.4. The van der Waals surface area contributed by atoms with Gasteiger partial charge in [-0.15, -0.1) is 0 Å². The lowest BCUT2D eigenvalue weighted by Gasteiger charge is -2.06. The number of fused-ring (bicyclic) bond motifs is 1. The van der Waals surface area contributed by atoms with Gasteiger partial charge in [0.2, 0.25) is 5.91 Å². The van der Waals surface area contributed by atoms with E-state index >= 15 is 0 Å². The van der Waals surface area contributed by atoms with Crippen LogP contribution in [0.15, 0.2) is 47.7 Å². The van der Waals surface area contributed by atoms with Crippen molar-refractivity contribution < 1.29 is 4.79 Å². The molecule has 0 atom stereocenters. The third kappa shape index (κ3) is 2.66. The minimum absolute atomic E-state index is 0.104. The predicted octanol–water partition coefficient (Wildman–Crippen LogP) is 0.769. The van der Waals surface area contributed by atoms with E-state index < -0.39 is 0 Å². The van der Waals surface area contributed by atoms with E-state index in [2.05, 4.69) is 15.4 Å². The van der Waals surface area contributed by atoms with Crippen LogP contribution in [0.2, 0.25) is 0 Å². The van der Waals surface area contributed by atoms with E-state index in [1.807, 2.05) is 6.07 Å². The Labute approximate surface area is 119 Å². The molecule has 0 aliphatic rings. The summed E-state index contributed by atoms with van der Waals surface area (Å²) in [4.78, 5) is 28.3. The number of amides is 1. The first kappa shape index (κ1) is 13.0. The molecule has 7 nitrogen and oxygen atoms in total. The fourth-order valence-electron chi connectivity index (χ4n) is 2.04. The van der Waals surface area contributed by atoms with Crippen molar-refractivity contribution in [3.8, 4) is 0 Å². The van der Waals surface area contributed by atoms with Crippen LogP contribution in [-0.4, -0.2) is 25.2 Å². The summed E-state index contributed by atoms with van der Waals surface area (Å²) < 4.78 is 2.86. The zero-order valence-corrected chi connectivity index (χ0v) is 11.4. The number of aryl methyl sites for hydroxylation is 1. The highest BCUT2D eigenvalue weighted by Gasteiger charge is 2.09. The molecule has 3 rings (SSSR count). The Kier molecular flexibility index (Phi) is 3.23. The van der Waals surface area contributed by atoms with Crippen molar-refractivity contribution in [3.63, 3.8) is 0 Å². The van der Waals surface area contributed by atoms with Gasteiger partial charge in [0.05, 0.1) is 17.2 Å². The standard InChI is InChI=1S/C14H13N5O2/c1-18-7-6-12(17-18)16-13(20)8-19-9-15-11-5-3-2-4-10(11)14(19)21/h2-7,9H,8H2,1H3,(H,16,17,20). The van der Waals surface area contributed by atoms with Crippen LogP contribution in [0.5, 0.6) is 0 Å². The molecular weight excluding hydrogens is 270 g/mol. The molecule has 21 heavy (non-hydrogen) atoms. The minimum atomic E-state index is -0.326. The largest absolute Gasteiger partial charge is 0.308 e. The van der Waals surface area contributed by atoms with Crippen LogP contribution in [0.3, 0.4) is 0 Å². The Morgan fingerprint density at radius 2 is 2.10 bits per heavy atom. The van der Waals surface area contributed by atoms with E-state index in [1.54, 1.807) is 42.2 Å². The highest BCUT2D eigenvalue weighted by Crippen LogP contribution is 2.05. The number of para-hydroxylation sites is 1. The van der Waals surface area contributed by atoms with E-state index in [-0.39, 0.29) is 18.0 Å². The van der Waals surface area contributed by atoms with E-state index in [0.717, 1.165) is 0 Å². The van der Waals surface area contributed by atoms with Crippen LogP contribution in [0, 0.1) is 0 Å². The Bertz CT molecular complexity index is 865. The van der Waals surface area contributed by atoms with E-state index in [0.29, 0.717) is 16.7 Å². The molecular formula is C14H13N5O2. The van der Waals surface area contributed by atoms with Gasteiger partial charge in [0.25, 0.3) is 5.56 Å². The maximum Gasteiger partial charge on any atom is 0.261 e. The average Bonchev–Trinajstić information content (AvgIpc) is 2.87. The number of carbonyl (C=O) groups is 1. The van der Waals surface area contributed by atoms with Crippen LogP contribution in [0.25, 0.3) is 10.9 Å². The van der Waals surface area contributed by atoms with Crippen LogP contribution in [0.1, 0.15) is 0 Å². The summed E-state index contributed by atoms with van der Waals surface area (Å²) in [7, 11) is 1.76. The van der Waals surface area contributed by atoms with Crippen molar-refractivity contribution >= 4 is 22.6 Å². The van der Waals surface area contributed by atoms with Gasteiger partial charge in [-0.3, -0.25) is 18.8 Å². The summed E-state index contributed by atoms with van der Waals surface area (Å²) in [6.07, 6.45) is 3.10. The molecule has 0 fully saturated rings. The topological polar surface area (TPSA) is 81.8 Å². The number of rotatable bonds is 3. The summed E-state index contributed by atoms with van der Waals surface area (Å²) >= 11 is 0. The first-order valence-corrected chi connectivity index (χ1v) is 6.37. The highest BCUT2D eigenvalue weighted by atomic mass is 16.2. The Morgan fingerprint density at radius 3 is 2.86 bits per heavy atom. The van der Waals surface area contributed by atoms with E-state index in [9.17, 15) is 9.59 Å². The molecule has 0 aliphatic heterocycles. The fourth-order valence-corrected chi connectivity index (χ4v) is 2.04. The van der Waals surface area contributed by atoms with Gasteiger partial charge in [-0.2, -0.15) is 5.10 Å². The summed E-state index contributed by atoms with van der Waals surface area (Å²) in [6, 6.07) is 8.71. The first-order valence-electron chi connectivity index (χ1n) is 6.37. The Balaban J connectivity index is 1.83. The Hall–Kier alpha value is -2.96. The number of benzene rings is 1. The molecule has 3 aromatic rings. The monoisotopic (exact) mass is 283 g/mol. The third-order valence-electron chi connectivity index (χ3n) is 3.03. The van der Waals surface area contributed by atoms with Gasteiger partial charge in [-0.1, -0.05) is 12.1 Å². The normalized spacial score (nSPS) is 10.7. The summed E-state index contributed by atoms with van der Waals surface area (Å²) in [5, 5.41) is 7.17. The second-order valence-electron chi connectivity index (χ2n) is 4.62. The molecule has 0 unspecified atom stereocenters. The molecule has 7 heteroatoms. The smallest absolute Gasteiger partial charge is 0.261 e. The molecule has 106 valence electrons. The van der Waals surface area contributed by atoms with Gasteiger partial charge in [0.15, 0.2) is 5.82 Å². The average molecular weight is 283 g/mol. The first-order chi connectivity index (χ1) is 10.1. The number of nitrogens with zero attached hydrogens (tertiary/aromatic N) is 4. The maximum atomic E-state index is 12.2. The fraction of sp³-hybridized carbons (Fsp3) is 0.143. The van der Waals surface area contributed by atoms with Crippen molar-refractivity contribution in [2.24, 2.45) is 7.05 Å². The lowest BCUT2D eigenvalue weighted by atomic mass is 10.2. The molecule has 0 spiro atoms. The summed E-state index contributed by atoms with van der Waals surface area (Å²) in [6.45, 7) is -0.104. The SMILES string of the molecule is Cn1ccc(NC(=O)Cn2cnc3ccccc3c2=O)n1. The predicted molar refractivity (Wildman–Crippen MR) is 77.8 cm³/mol. The van der Waals surface area contributed by atoms with Gasteiger partial charge in [0, 0.05) is 19.3 Å². The minimum Gasteiger partial charge on any atom is -0.308 e. The molecule has 0 saturated heterocycles. The number of carbonyl (C=O) groups excluding carboxylic acids is 1. The third-order valence-corrected chi connectivity index (χ3v) is 3.03. The van der Waals surface area contributed by atoms with Crippen LogP contribution in [0.4, 0.5) is 5.82 Å². The Morgan fingerprint density at radius 1 is 1.29 bits per heavy atom. The van der Waals surface area contributed by atoms with Gasteiger partial charge >= 0.3 is 0 Å². The molecule has 1 aromatic carbocycles. The quantitative estimate of drug-likeness (QED) is 0.769. The highest BCUT2D eigenvalue weighted by molar-refractivity contribution is 5.89. The van der Waals surface area contributed by atoms with E-state index in [1.165, 1.54) is 10.9 Å². The molecule has 1 N–H and O–H groups in total. The lowest BCUT2D eigenvalue weighted by Crippen LogP contribution is -2.28. The van der Waals surface area contributed by atoms with Gasteiger partial charge in [0.1, 0.15) is 6.54 Å². The molecule has 2 heterocycles. The summed E-state index contributed by atoms with van der Waals surface area (Å²) in [5.41, 5.74) is 0.376. The van der Waals surface area contributed by atoms with Crippen molar-refractivity contribution in [1.29, 1.82) is 0 Å².